The van der Waals surface area contributed by atoms with Gasteiger partial charge in [0.25, 0.3) is 0 Å². The van der Waals surface area contributed by atoms with Crippen LogP contribution in [-0.2, 0) is 0 Å². The molecule has 1 unspecified atom stereocenters. The Bertz CT molecular complexity index is 191. The number of hydrogen-bond donors (Lipinski definition) is 1. The summed E-state index contributed by atoms with van der Waals surface area (Å²) in [6.45, 7) is 4.26. The van der Waals surface area contributed by atoms with E-state index in [9.17, 15) is 0 Å². The van der Waals surface area contributed by atoms with Crippen LogP contribution in [-0.4, -0.2) is 30.1 Å². The van der Waals surface area contributed by atoms with Gasteiger partial charge in [0.1, 0.15) is 0 Å². The third-order valence-corrected chi connectivity index (χ3v) is 3.14. The highest BCUT2D eigenvalue weighted by molar-refractivity contribution is 4.87. The third-order valence-electron chi connectivity index (χ3n) is 3.14. The first kappa shape index (κ1) is 11.5. The van der Waals surface area contributed by atoms with Gasteiger partial charge in [-0.25, -0.2) is 0 Å². The maximum Gasteiger partial charge on any atom is 0.0940 e. The van der Waals surface area contributed by atoms with Crippen molar-refractivity contribution in [2.45, 2.75) is 51.1 Å². The van der Waals surface area contributed by atoms with E-state index in [-0.39, 0.29) is 6.04 Å². The Hall–Kier alpha value is -0.590. The van der Waals surface area contributed by atoms with Crippen molar-refractivity contribution in [3.05, 3.63) is 0 Å². The molecule has 1 atom stereocenters. The maximum atomic E-state index is 8.59. The second-order valence-electron chi connectivity index (χ2n) is 4.09. The molecule has 2 N–H and O–H groups in total. The number of hydrogen-bond acceptors (Lipinski definition) is 3. The fraction of sp³-hybridized carbons (Fsp3) is 0.909. The molecule has 0 aliphatic heterocycles. The largest absolute Gasteiger partial charge is 0.316 e. The van der Waals surface area contributed by atoms with Crippen LogP contribution < -0.4 is 5.73 Å². The molecule has 0 aromatic rings. The summed E-state index contributed by atoms with van der Waals surface area (Å²) in [7, 11) is 0. The van der Waals surface area contributed by atoms with E-state index in [1.807, 2.05) is 0 Å². The molecular weight excluding hydrogens is 174 g/mol. The number of nitriles is 1. The SMILES string of the molecule is CCN(CCC(N)C#N)C1CCCC1. The minimum atomic E-state index is -0.287. The average Bonchev–Trinajstić information content (AvgIpc) is 2.72. The lowest BCUT2D eigenvalue weighted by Gasteiger charge is -2.27. The molecule has 3 heteroatoms. The molecule has 0 saturated heterocycles. The van der Waals surface area contributed by atoms with Gasteiger partial charge in [0.2, 0.25) is 0 Å². The Labute approximate surface area is 86.9 Å². The minimum Gasteiger partial charge on any atom is -0.316 e. The van der Waals surface area contributed by atoms with E-state index < -0.39 is 0 Å². The molecule has 1 fully saturated rings. The van der Waals surface area contributed by atoms with Crippen molar-refractivity contribution in [3.8, 4) is 6.07 Å². The molecule has 1 aliphatic rings. The van der Waals surface area contributed by atoms with Crippen LogP contribution in [0.1, 0.15) is 39.0 Å². The molecule has 0 aromatic carbocycles. The summed E-state index contributed by atoms with van der Waals surface area (Å²) in [5.74, 6) is 0. The van der Waals surface area contributed by atoms with Crippen LogP contribution in [0.3, 0.4) is 0 Å². The zero-order chi connectivity index (χ0) is 10.4. The van der Waals surface area contributed by atoms with Crippen LogP contribution in [0.25, 0.3) is 0 Å². The van der Waals surface area contributed by atoms with Gasteiger partial charge in [-0.3, -0.25) is 0 Å². The average molecular weight is 195 g/mol. The predicted molar refractivity (Wildman–Crippen MR) is 57.7 cm³/mol. The Morgan fingerprint density at radius 1 is 1.50 bits per heavy atom. The summed E-state index contributed by atoms with van der Waals surface area (Å²) in [6, 6.07) is 2.55. The van der Waals surface area contributed by atoms with Gasteiger partial charge in [-0.15, -0.1) is 0 Å². The normalized spacial score (nSPS) is 19.9. The van der Waals surface area contributed by atoms with Gasteiger partial charge >= 0.3 is 0 Å². The predicted octanol–water partition coefficient (Wildman–Crippen LogP) is 1.49. The molecule has 0 amide bonds. The summed E-state index contributed by atoms with van der Waals surface area (Å²) in [6.07, 6.45) is 6.20. The molecular formula is C11H21N3. The first-order valence-electron chi connectivity index (χ1n) is 5.67. The third kappa shape index (κ3) is 3.28. The van der Waals surface area contributed by atoms with E-state index in [0.29, 0.717) is 0 Å². The van der Waals surface area contributed by atoms with Gasteiger partial charge in [-0.05, 0) is 25.8 Å². The fourth-order valence-corrected chi connectivity index (χ4v) is 2.24. The molecule has 3 nitrogen and oxygen atoms in total. The molecule has 0 radical (unpaired) electrons. The monoisotopic (exact) mass is 195 g/mol. The van der Waals surface area contributed by atoms with Crippen molar-refractivity contribution in [1.82, 2.24) is 4.90 Å². The molecule has 14 heavy (non-hydrogen) atoms. The summed E-state index contributed by atoms with van der Waals surface area (Å²) < 4.78 is 0. The van der Waals surface area contributed by atoms with Crippen molar-refractivity contribution >= 4 is 0 Å². The van der Waals surface area contributed by atoms with E-state index in [4.69, 9.17) is 11.0 Å². The van der Waals surface area contributed by atoms with Gasteiger partial charge in [-0.2, -0.15) is 5.26 Å². The molecule has 80 valence electrons. The highest BCUT2D eigenvalue weighted by Gasteiger charge is 2.21. The van der Waals surface area contributed by atoms with Crippen molar-refractivity contribution in [3.63, 3.8) is 0 Å². The standard InChI is InChI=1S/C11H21N3/c1-2-14(8-7-10(13)9-12)11-5-3-4-6-11/h10-11H,2-8,13H2,1H3. The van der Waals surface area contributed by atoms with Gasteiger partial charge in [0.15, 0.2) is 0 Å². The van der Waals surface area contributed by atoms with Crippen LogP contribution in [0.5, 0.6) is 0 Å². The molecule has 0 heterocycles. The van der Waals surface area contributed by atoms with Crippen LogP contribution in [0, 0.1) is 11.3 Å². The Morgan fingerprint density at radius 2 is 2.14 bits per heavy atom. The molecule has 1 rings (SSSR count). The summed E-state index contributed by atoms with van der Waals surface area (Å²) in [5.41, 5.74) is 5.59. The lowest BCUT2D eigenvalue weighted by molar-refractivity contribution is 0.205. The van der Waals surface area contributed by atoms with E-state index >= 15 is 0 Å². The number of rotatable bonds is 5. The van der Waals surface area contributed by atoms with Crippen LogP contribution in [0.15, 0.2) is 0 Å². The van der Waals surface area contributed by atoms with Crippen molar-refractivity contribution in [2.24, 2.45) is 5.73 Å². The zero-order valence-corrected chi connectivity index (χ0v) is 9.08. The lowest BCUT2D eigenvalue weighted by atomic mass is 10.1. The second-order valence-corrected chi connectivity index (χ2v) is 4.09. The van der Waals surface area contributed by atoms with Crippen LogP contribution in [0.4, 0.5) is 0 Å². The number of nitrogens with two attached hydrogens (primary N) is 1. The molecule has 1 aliphatic carbocycles. The summed E-state index contributed by atoms with van der Waals surface area (Å²) in [5, 5.41) is 8.59. The minimum absolute atomic E-state index is 0.287. The smallest absolute Gasteiger partial charge is 0.0940 e. The topological polar surface area (TPSA) is 53.0 Å². The van der Waals surface area contributed by atoms with E-state index in [1.165, 1.54) is 25.7 Å². The second kappa shape index (κ2) is 6.00. The van der Waals surface area contributed by atoms with Crippen molar-refractivity contribution in [2.75, 3.05) is 13.1 Å². The van der Waals surface area contributed by atoms with Gasteiger partial charge in [0, 0.05) is 12.6 Å². The fourth-order valence-electron chi connectivity index (χ4n) is 2.24. The van der Waals surface area contributed by atoms with Crippen LogP contribution in [0.2, 0.25) is 0 Å². The Morgan fingerprint density at radius 3 is 2.64 bits per heavy atom. The first-order valence-corrected chi connectivity index (χ1v) is 5.67. The Kier molecular flexibility index (Phi) is 4.92. The van der Waals surface area contributed by atoms with E-state index in [2.05, 4.69) is 17.9 Å². The highest BCUT2D eigenvalue weighted by atomic mass is 15.1. The molecule has 0 bridgehead atoms. The maximum absolute atomic E-state index is 8.59. The van der Waals surface area contributed by atoms with E-state index in [1.54, 1.807) is 0 Å². The van der Waals surface area contributed by atoms with Crippen molar-refractivity contribution < 1.29 is 0 Å². The summed E-state index contributed by atoms with van der Waals surface area (Å²) >= 11 is 0. The van der Waals surface area contributed by atoms with Gasteiger partial charge < -0.3 is 10.6 Å². The van der Waals surface area contributed by atoms with E-state index in [0.717, 1.165) is 25.6 Å². The number of nitrogens with zero attached hydrogens (tertiary/aromatic N) is 2. The molecule has 0 aromatic heterocycles. The van der Waals surface area contributed by atoms with Gasteiger partial charge in [-0.1, -0.05) is 19.8 Å². The quantitative estimate of drug-likeness (QED) is 0.723. The first-order chi connectivity index (χ1) is 6.77. The van der Waals surface area contributed by atoms with Crippen LogP contribution >= 0.6 is 0 Å². The molecule has 0 spiro atoms. The summed E-state index contributed by atoms with van der Waals surface area (Å²) in [4.78, 5) is 2.48. The van der Waals surface area contributed by atoms with Gasteiger partial charge in [0.05, 0.1) is 12.1 Å². The Balaban J connectivity index is 2.28. The highest BCUT2D eigenvalue weighted by Crippen LogP contribution is 2.23. The zero-order valence-electron chi connectivity index (χ0n) is 9.08. The lowest BCUT2D eigenvalue weighted by Crippen LogP contribution is -2.36. The van der Waals surface area contributed by atoms with Crippen molar-refractivity contribution in [1.29, 1.82) is 5.26 Å². The molecule has 1 saturated carbocycles.